The lowest BCUT2D eigenvalue weighted by atomic mass is 10.4. The van der Waals surface area contributed by atoms with Crippen LogP contribution in [0.1, 0.15) is 0 Å². The first-order valence-electron chi connectivity index (χ1n) is 23.2. The summed E-state index contributed by atoms with van der Waals surface area (Å²) in [5.74, 6) is 227. The van der Waals surface area contributed by atoms with Gasteiger partial charge >= 0.3 is 0 Å². The summed E-state index contributed by atoms with van der Waals surface area (Å²) in [5.41, 5.74) is 0. The molecule has 0 spiro atoms. The zero-order valence-electron chi connectivity index (χ0n) is 47.0. The summed E-state index contributed by atoms with van der Waals surface area (Å²) in [6.45, 7) is 0. The highest BCUT2D eigenvalue weighted by Crippen LogP contribution is 1.67. The summed E-state index contributed by atoms with van der Waals surface area (Å²) in [5, 5.41) is 0. The van der Waals surface area contributed by atoms with E-state index in [9.17, 15) is 0 Å². The van der Waals surface area contributed by atoms with Gasteiger partial charge in [-0.05, 0) is 94.7 Å². The molecule has 0 aromatic rings. The molecule has 0 aromatic carbocycles. The highest BCUT2D eigenvalue weighted by molar-refractivity contribution is 5.55. The summed E-state index contributed by atoms with van der Waals surface area (Å²) < 4.78 is 0. The minimum atomic E-state index is 1.87. The Balaban J connectivity index is 4.63. The first-order chi connectivity index (χ1) is 46.9. The lowest BCUT2D eigenvalue weighted by molar-refractivity contribution is 2.31. The van der Waals surface area contributed by atoms with Crippen molar-refractivity contribution in [3.05, 3.63) is 12.8 Å². The molecule has 0 aromatic heterocycles. The number of hydrogen-bond donors (Lipinski definition) is 0. The van der Waals surface area contributed by atoms with Crippen molar-refractivity contribution in [2.45, 2.75) is 0 Å². The Morgan fingerprint density at radius 2 is 0.0851 bits per heavy atom. The quantitative estimate of drug-likeness (QED) is 0.243. The van der Waals surface area contributed by atoms with E-state index in [0.29, 0.717) is 0 Å². The second-order valence-electron chi connectivity index (χ2n) is 11.5. The molecule has 0 unspecified atom stereocenters. The van der Waals surface area contributed by atoms with Crippen LogP contribution >= 0.6 is 0 Å². The van der Waals surface area contributed by atoms with Gasteiger partial charge in [-0.15, -0.1) is 11.8 Å². The van der Waals surface area contributed by atoms with Gasteiger partial charge in [0, 0.05) is 414 Å². The fourth-order valence-corrected chi connectivity index (χ4v) is 2.81. The standard InChI is InChI=1S/C94/c1-3-5-7-9-11-13-15-17-19-21-23-25-27-29-31-33-35-37-39-41-43-45-47-49-51-53-55-57-59-61-63-65-67-69-71-73-75-77-79-81-83-85-87-89-91-93-94-92-90-88-86-84-82-80-78-76-74-72-70-68-66-64-62-60-58-56-54-52-50-48-46-44-42-40-38-36-34-32-30-28-26-24-22-20-18-16-14-12-10-8-6-4-2/q-2. The molecule has 0 amide bonds. The van der Waals surface area contributed by atoms with Gasteiger partial charge in [0.15, 0.2) is 0 Å². The second-order valence-corrected chi connectivity index (χ2v) is 11.5. The van der Waals surface area contributed by atoms with Crippen molar-refractivity contribution >= 4 is 0 Å². The third kappa shape index (κ3) is 71.3. The molecule has 378 valence electrons. The molecular formula is C94-2. The Kier molecular flexibility index (Phi) is 56.4. The molecule has 0 bridgehead atoms. The summed E-state index contributed by atoms with van der Waals surface area (Å²) >= 11 is 0. The van der Waals surface area contributed by atoms with Gasteiger partial charge < -0.3 is 12.8 Å². The van der Waals surface area contributed by atoms with E-state index in [-0.39, 0.29) is 0 Å². The van der Waals surface area contributed by atoms with Crippen LogP contribution in [-0.4, -0.2) is 0 Å². The topological polar surface area (TPSA) is 0 Å². The van der Waals surface area contributed by atoms with Gasteiger partial charge in [0.1, 0.15) is 0 Å². The molecule has 0 nitrogen and oxygen atoms in total. The van der Waals surface area contributed by atoms with Gasteiger partial charge in [-0.1, -0.05) is 0 Å². The van der Waals surface area contributed by atoms with Crippen molar-refractivity contribution in [3.8, 4) is 545 Å². The molecule has 0 aliphatic rings. The number of rotatable bonds is 0. The molecule has 0 rings (SSSR count). The molecule has 0 radical (unpaired) electrons. The van der Waals surface area contributed by atoms with E-state index >= 15 is 0 Å². The largest absolute Gasteiger partial charge is 0.358 e. The maximum absolute atomic E-state index is 6.59. The molecular weight excluding hydrogens is 1130 g/mol. The van der Waals surface area contributed by atoms with Gasteiger partial charge in [0.05, 0.1) is 0 Å². The van der Waals surface area contributed by atoms with Crippen molar-refractivity contribution in [2.75, 3.05) is 0 Å². The van der Waals surface area contributed by atoms with Gasteiger partial charge in [0.2, 0.25) is 0 Å². The fourth-order valence-electron chi connectivity index (χ4n) is 2.81. The van der Waals surface area contributed by atoms with Gasteiger partial charge in [-0.25, -0.2) is 11.8 Å². The summed E-state index contributed by atoms with van der Waals surface area (Å²) in [7, 11) is 0. The fraction of sp³-hybridized carbons (Fsp3) is 0. The third-order valence-corrected chi connectivity index (χ3v) is 5.69. The van der Waals surface area contributed by atoms with Gasteiger partial charge in [0.25, 0.3) is 0 Å². The van der Waals surface area contributed by atoms with Gasteiger partial charge in [-0.2, -0.15) is 0 Å². The molecule has 0 saturated heterocycles. The average molecular weight is 1130 g/mol. The van der Waals surface area contributed by atoms with Crippen molar-refractivity contribution < 1.29 is 0 Å². The van der Waals surface area contributed by atoms with Crippen LogP contribution in [0.25, 0.3) is 0 Å². The van der Waals surface area contributed by atoms with Crippen molar-refractivity contribution in [2.24, 2.45) is 0 Å². The van der Waals surface area contributed by atoms with Crippen LogP contribution in [0.2, 0.25) is 0 Å². The zero-order chi connectivity index (χ0) is 67.1. The van der Waals surface area contributed by atoms with Crippen LogP contribution in [0.3, 0.4) is 0 Å². The molecule has 0 aliphatic heterocycles. The maximum Gasteiger partial charge on any atom is 0 e. The highest BCUT2D eigenvalue weighted by atomic mass is 13.7. The lowest BCUT2D eigenvalue weighted by Crippen LogP contribution is -1.57. The molecule has 0 saturated carbocycles. The van der Waals surface area contributed by atoms with E-state index in [2.05, 4.69) is 533 Å². The van der Waals surface area contributed by atoms with Crippen molar-refractivity contribution in [3.63, 3.8) is 0 Å². The lowest BCUT2D eigenvalue weighted by Gasteiger charge is -1.63. The van der Waals surface area contributed by atoms with E-state index in [4.69, 9.17) is 12.8 Å². The van der Waals surface area contributed by atoms with Crippen LogP contribution < -0.4 is 0 Å². The average Bonchev–Trinajstić information content (AvgIpc) is 3.59. The van der Waals surface area contributed by atoms with E-state index in [1.807, 2.05) is 11.8 Å². The summed E-state index contributed by atoms with van der Waals surface area (Å²) in [4.78, 5) is 0. The third-order valence-electron chi connectivity index (χ3n) is 5.69. The maximum atomic E-state index is 6.59. The zero-order valence-corrected chi connectivity index (χ0v) is 47.0. The van der Waals surface area contributed by atoms with Crippen molar-refractivity contribution in [1.29, 1.82) is 0 Å². The predicted molar refractivity (Wildman–Crippen MR) is 364 cm³/mol. The van der Waals surface area contributed by atoms with E-state index in [1.165, 1.54) is 0 Å². The molecule has 0 atom stereocenters. The normalized spacial score (nSPS) is 3.94. The van der Waals surface area contributed by atoms with Crippen LogP contribution in [-0.2, 0) is 0 Å². The Labute approximate surface area is 554 Å². The molecule has 0 aliphatic carbocycles. The van der Waals surface area contributed by atoms with Crippen molar-refractivity contribution in [1.82, 2.24) is 0 Å². The van der Waals surface area contributed by atoms with Crippen LogP contribution in [0.5, 0.6) is 0 Å². The minimum Gasteiger partial charge on any atom is -0.358 e. The molecule has 0 heterocycles. The van der Waals surface area contributed by atoms with Crippen LogP contribution in [0.15, 0.2) is 0 Å². The molecule has 0 fully saturated rings. The minimum absolute atomic E-state index is 1.87. The first-order valence-corrected chi connectivity index (χ1v) is 23.2. The Bertz CT molecular complexity index is 6180. The second kappa shape index (κ2) is 72.3. The van der Waals surface area contributed by atoms with E-state index in [1.54, 1.807) is 0 Å². The smallest absolute Gasteiger partial charge is 0 e. The monoisotopic (exact) mass is 1130 g/mol. The highest BCUT2D eigenvalue weighted by Gasteiger charge is 1.66. The Hall–Kier alpha value is -20.7. The Morgan fingerprint density at radius 1 is 0.0532 bits per heavy atom. The molecule has 0 heteroatoms. The number of hydrogen-bond acceptors (Lipinski definition) is 0. The summed E-state index contributed by atoms with van der Waals surface area (Å²) in [6.07, 6.45) is 13.2. The first kappa shape index (κ1) is 73.3. The van der Waals surface area contributed by atoms with E-state index in [0.717, 1.165) is 0 Å². The molecule has 94 heavy (non-hydrogen) atoms. The predicted octanol–water partition coefficient (Wildman–Crippen LogP) is 0.319. The van der Waals surface area contributed by atoms with Crippen LogP contribution in [0, 0.1) is 558 Å². The molecule has 0 N–H and O–H groups in total. The van der Waals surface area contributed by atoms with Gasteiger partial charge in [-0.3, -0.25) is 11.8 Å². The van der Waals surface area contributed by atoms with Crippen LogP contribution in [0.4, 0.5) is 0 Å². The SMILES string of the molecule is [C-]#CC#CC#CC#CC#CC#CC#CC#CC#CC#CC#CC#CC#CC#CC#CC#CC#CC#CC#CC#CC#CC#CC#CC#CC#CC#CC#CC#CC#CC#CC#CC#CC#CC#CC#CC#CC#CC#CC#CC#CC#CC#CC#CC#CC#CC#CC#[C-]. The summed E-state index contributed by atoms with van der Waals surface area (Å²) in [6, 6.07) is 0. The Morgan fingerprint density at radius 3 is 0.117 bits per heavy atom. The van der Waals surface area contributed by atoms with E-state index < -0.39 is 0 Å².